The van der Waals surface area contributed by atoms with Gasteiger partial charge in [-0.05, 0) is 72.4 Å². The second-order valence-electron chi connectivity index (χ2n) is 9.64. The van der Waals surface area contributed by atoms with Crippen LogP contribution in [0.5, 0.6) is 0 Å². The molecule has 0 saturated carbocycles. The maximum Gasteiger partial charge on any atom is 0.257 e. The fourth-order valence-electron chi connectivity index (χ4n) is 5.27. The van der Waals surface area contributed by atoms with Crippen molar-refractivity contribution >= 4 is 16.5 Å². The van der Waals surface area contributed by atoms with Gasteiger partial charge in [0.25, 0.3) is 5.56 Å². The molecule has 5 nitrogen and oxygen atoms in total. The van der Waals surface area contributed by atoms with Crippen LogP contribution in [0.4, 0.5) is 0 Å². The average molecular weight is 487 g/mol. The lowest BCUT2D eigenvalue weighted by Crippen LogP contribution is -2.13. The largest absolute Gasteiger partial charge is 0.354 e. The van der Waals surface area contributed by atoms with Crippen molar-refractivity contribution in [2.45, 2.75) is 32.4 Å². The summed E-state index contributed by atoms with van der Waals surface area (Å²) in [5.74, 6) is 0.403. The Balaban J connectivity index is 1.35. The minimum absolute atomic E-state index is 0.0941. The Labute approximate surface area is 216 Å². The van der Waals surface area contributed by atoms with Crippen LogP contribution in [0, 0.1) is 5.92 Å². The summed E-state index contributed by atoms with van der Waals surface area (Å²) in [6, 6.07) is 16.2. The minimum atomic E-state index is -0.0941. The van der Waals surface area contributed by atoms with E-state index in [1.807, 2.05) is 36.5 Å². The molecule has 184 valence electrons. The number of nitrogens with zero attached hydrogens (tertiary/aromatic N) is 1. The van der Waals surface area contributed by atoms with Crippen molar-refractivity contribution < 1.29 is 0 Å². The third-order valence-corrected chi connectivity index (χ3v) is 7.15. The molecule has 1 aromatic carbocycles. The summed E-state index contributed by atoms with van der Waals surface area (Å²) in [6.07, 6.45) is 20.5. The van der Waals surface area contributed by atoms with Crippen LogP contribution in [0.1, 0.15) is 36.1 Å². The Morgan fingerprint density at radius 1 is 1.00 bits per heavy atom. The monoisotopic (exact) mass is 486 g/mol. The number of fused-ring (bicyclic) bond motifs is 1. The number of aromatic nitrogens is 3. The Bertz CT molecular complexity index is 1600. The van der Waals surface area contributed by atoms with Crippen LogP contribution < -0.4 is 10.9 Å². The number of nitrogens with one attached hydrogen (secondary N) is 3. The molecular weight excluding hydrogens is 456 g/mol. The Kier molecular flexibility index (Phi) is 6.53. The number of aromatic amines is 2. The number of hydrogen-bond acceptors (Lipinski definition) is 3. The summed E-state index contributed by atoms with van der Waals surface area (Å²) in [7, 11) is 0. The van der Waals surface area contributed by atoms with Gasteiger partial charge in [0.05, 0.1) is 17.0 Å². The molecule has 0 aliphatic heterocycles. The molecule has 3 heterocycles. The van der Waals surface area contributed by atoms with Gasteiger partial charge in [0.2, 0.25) is 0 Å². The minimum Gasteiger partial charge on any atom is -0.354 e. The molecule has 2 aliphatic rings. The van der Waals surface area contributed by atoms with Gasteiger partial charge in [-0.1, -0.05) is 48.6 Å². The SMILES string of the molecule is O=c1[nH]cccc1-c1[nH]c2ccc(CNCc3ccccn3)cc2c1C1=CCC(C2=CCCC=C2)C=C1. The van der Waals surface area contributed by atoms with Crippen LogP contribution in [-0.4, -0.2) is 15.0 Å². The third kappa shape index (κ3) is 4.91. The van der Waals surface area contributed by atoms with E-state index in [1.54, 1.807) is 6.20 Å². The predicted octanol–water partition coefficient (Wildman–Crippen LogP) is 6.44. The topological polar surface area (TPSA) is 73.6 Å². The molecule has 1 atom stereocenters. The first-order valence-electron chi connectivity index (χ1n) is 12.9. The van der Waals surface area contributed by atoms with E-state index in [2.05, 4.69) is 74.9 Å². The molecule has 1 unspecified atom stereocenters. The van der Waals surface area contributed by atoms with E-state index in [1.165, 1.54) is 11.1 Å². The number of benzene rings is 1. The Hall–Kier alpha value is -4.22. The van der Waals surface area contributed by atoms with Crippen LogP contribution in [-0.2, 0) is 13.1 Å². The molecule has 3 aromatic heterocycles. The normalized spacial score (nSPS) is 17.1. The van der Waals surface area contributed by atoms with Crippen LogP contribution in [0.25, 0.3) is 27.7 Å². The molecule has 0 fully saturated rings. The van der Waals surface area contributed by atoms with Crippen molar-refractivity contribution in [2.75, 3.05) is 0 Å². The summed E-state index contributed by atoms with van der Waals surface area (Å²) in [5.41, 5.74) is 8.29. The number of pyridine rings is 2. The molecule has 0 spiro atoms. The summed E-state index contributed by atoms with van der Waals surface area (Å²) in [6.45, 7) is 1.44. The van der Waals surface area contributed by atoms with Gasteiger partial charge >= 0.3 is 0 Å². The van der Waals surface area contributed by atoms with E-state index in [9.17, 15) is 4.79 Å². The highest BCUT2D eigenvalue weighted by molar-refractivity contribution is 6.02. The van der Waals surface area contributed by atoms with E-state index in [0.717, 1.165) is 59.2 Å². The summed E-state index contributed by atoms with van der Waals surface area (Å²) >= 11 is 0. The molecule has 37 heavy (non-hydrogen) atoms. The van der Waals surface area contributed by atoms with Crippen LogP contribution >= 0.6 is 0 Å². The van der Waals surface area contributed by atoms with Crippen molar-refractivity contribution in [2.24, 2.45) is 5.92 Å². The zero-order chi connectivity index (χ0) is 25.0. The zero-order valence-electron chi connectivity index (χ0n) is 20.7. The van der Waals surface area contributed by atoms with Crippen molar-refractivity contribution in [3.05, 3.63) is 130 Å². The standard InChI is InChI=1S/C32H30N4O/c37-32-27(10-6-18-35-32)31-30(25-14-12-24(13-15-25)23-7-2-1-3-8-23)28-19-22(11-16-29(28)36-31)20-33-21-26-9-4-5-17-34-26/h2,4-12,14-19,24,33,36H,1,3,13,20-21H2,(H,35,37). The third-order valence-electron chi connectivity index (χ3n) is 7.15. The highest BCUT2D eigenvalue weighted by atomic mass is 16.1. The summed E-state index contributed by atoms with van der Waals surface area (Å²) in [5, 5.41) is 4.63. The Morgan fingerprint density at radius 3 is 2.76 bits per heavy atom. The summed E-state index contributed by atoms with van der Waals surface area (Å²) < 4.78 is 0. The predicted molar refractivity (Wildman–Crippen MR) is 151 cm³/mol. The molecule has 0 saturated heterocycles. The molecule has 5 heteroatoms. The van der Waals surface area contributed by atoms with Gasteiger partial charge in [-0.15, -0.1) is 0 Å². The lowest BCUT2D eigenvalue weighted by Gasteiger charge is -2.20. The lowest BCUT2D eigenvalue weighted by atomic mass is 9.85. The van der Waals surface area contributed by atoms with Crippen LogP contribution in [0.2, 0.25) is 0 Å². The van der Waals surface area contributed by atoms with Crippen LogP contribution in [0.15, 0.2) is 108 Å². The highest BCUT2D eigenvalue weighted by Crippen LogP contribution is 2.38. The van der Waals surface area contributed by atoms with Crippen molar-refractivity contribution in [1.29, 1.82) is 0 Å². The molecule has 0 radical (unpaired) electrons. The van der Waals surface area contributed by atoms with Gasteiger partial charge in [0.1, 0.15) is 0 Å². The maximum atomic E-state index is 12.8. The molecule has 0 bridgehead atoms. The lowest BCUT2D eigenvalue weighted by molar-refractivity contribution is 0.680. The second-order valence-corrected chi connectivity index (χ2v) is 9.64. The highest BCUT2D eigenvalue weighted by Gasteiger charge is 2.21. The second kappa shape index (κ2) is 10.4. The molecule has 6 rings (SSSR count). The van der Waals surface area contributed by atoms with Crippen molar-refractivity contribution in [1.82, 2.24) is 20.3 Å². The van der Waals surface area contributed by atoms with Crippen LogP contribution in [0.3, 0.4) is 0 Å². The first kappa shape index (κ1) is 23.2. The first-order valence-corrected chi connectivity index (χ1v) is 12.9. The molecule has 4 aromatic rings. The van der Waals surface area contributed by atoms with E-state index in [4.69, 9.17) is 0 Å². The zero-order valence-corrected chi connectivity index (χ0v) is 20.7. The number of allylic oxidation sites excluding steroid dienone is 8. The number of H-pyrrole nitrogens is 2. The molecule has 3 N–H and O–H groups in total. The first-order chi connectivity index (χ1) is 18.3. The van der Waals surface area contributed by atoms with Crippen molar-refractivity contribution in [3.63, 3.8) is 0 Å². The van der Waals surface area contributed by atoms with Crippen molar-refractivity contribution in [3.8, 4) is 11.3 Å². The molecular formula is C32H30N4O. The maximum absolute atomic E-state index is 12.8. The molecule has 0 amide bonds. The van der Waals surface area contributed by atoms with E-state index in [-0.39, 0.29) is 5.56 Å². The molecule has 2 aliphatic carbocycles. The van der Waals surface area contributed by atoms with Gasteiger partial charge in [0, 0.05) is 47.9 Å². The van der Waals surface area contributed by atoms with Gasteiger partial charge < -0.3 is 15.3 Å². The van der Waals surface area contributed by atoms with E-state index < -0.39 is 0 Å². The average Bonchev–Trinajstić information content (AvgIpc) is 3.33. The quantitative estimate of drug-likeness (QED) is 0.281. The van der Waals surface area contributed by atoms with Gasteiger partial charge in [-0.25, -0.2) is 0 Å². The van der Waals surface area contributed by atoms with Gasteiger partial charge in [0.15, 0.2) is 0 Å². The van der Waals surface area contributed by atoms with E-state index >= 15 is 0 Å². The van der Waals surface area contributed by atoms with Gasteiger partial charge in [-0.3, -0.25) is 9.78 Å². The fourth-order valence-corrected chi connectivity index (χ4v) is 5.27. The smallest absolute Gasteiger partial charge is 0.257 e. The summed E-state index contributed by atoms with van der Waals surface area (Å²) in [4.78, 5) is 23.6. The van der Waals surface area contributed by atoms with E-state index in [0.29, 0.717) is 18.0 Å². The number of rotatable bonds is 7. The Morgan fingerprint density at radius 2 is 1.97 bits per heavy atom. The fraction of sp³-hybridized carbons (Fsp3) is 0.188. The number of hydrogen-bond donors (Lipinski definition) is 3. The van der Waals surface area contributed by atoms with Gasteiger partial charge in [-0.2, -0.15) is 0 Å².